The third-order valence-corrected chi connectivity index (χ3v) is 2.44. The van der Waals surface area contributed by atoms with E-state index in [1.54, 1.807) is 0 Å². The molecule has 0 aliphatic heterocycles. The van der Waals surface area contributed by atoms with Crippen LogP contribution in [0.3, 0.4) is 0 Å². The smallest absolute Gasteiger partial charge is 0.101 e. The van der Waals surface area contributed by atoms with Crippen molar-refractivity contribution in [1.29, 1.82) is 0 Å². The summed E-state index contributed by atoms with van der Waals surface area (Å²) in [4.78, 5) is 4.27. The first kappa shape index (κ1) is 9.92. The van der Waals surface area contributed by atoms with Gasteiger partial charge in [-0.1, -0.05) is 13.0 Å². The highest BCUT2D eigenvalue weighted by atomic mass is 127. The number of nitrogens with zero attached hydrogens (tertiary/aromatic N) is 1. The van der Waals surface area contributed by atoms with Crippen molar-refractivity contribution in [3.05, 3.63) is 27.1 Å². The van der Waals surface area contributed by atoms with Crippen LogP contribution < -0.4 is 0 Å². The fourth-order valence-corrected chi connectivity index (χ4v) is 1.65. The molecule has 0 amide bonds. The van der Waals surface area contributed by atoms with Gasteiger partial charge in [0.15, 0.2) is 0 Å². The van der Waals surface area contributed by atoms with Crippen molar-refractivity contribution in [3.63, 3.8) is 0 Å². The molecule has 0 aromatic carbocycles. The quantitative estimate of drug-likeness (QED) is 0.665. The minimum atomic E-state index is -0.366. The van der Waals surface area contributed by atoms with E-state index in [0.717, 1.165) is 21.4 Å². The Labute approximate surface area is 86.2 Å². The number of aliphatic hydroxyl groups is 1. The summed E-state index contributed by atoms with van der Waals surface area (Å²) in [5, 5.41) is 9.56. The van der Waals surface area contributed by atoms with Crippen LogP contribution in [0.4, 0.5) is 0 Å². The molecule has 0 aliphatic carbocycles. The van der Waals surface area contributed by atoms with E-state index in [1.807, 2.05) is 26.0 Å². The molecule has 0 saturated heterocycles. The van der Waals surface area contributed by atoms with Crippen LogP contribution in [0.5, 0.6) is 0 Å². The van der Waals surface area contributed by atoms with Crippen LogP contribution in [0.2, 0.25) is 0 Å². The molecule has 0 saturated carbocycles. The Balaban J connectivity index is 3.01. The Kier molecular flexibility index (Phi) is 3.46. The molecule has 0 aliphatic rings. The molecule has 2 nitrogen and oxygen atoms in total. The lowest BCUT2D eigenvalue weighted by atomic mass is 10.1. The maximum atomic E-state index is 9.56. The lowest BCUT2D eigenvalue weighted by molar-refractivity contribution is 0.172. The second kappa shape index (κ2) is 4.18. The maximum absolute atomic E-state index is 9.56. The number of pyridine rings is 1. The fourth-order valence-electron chi connectivity index (χ4n) is 1.11. The zero-order valence-electron chi connectivity index (χ0n) is 7.21. The van der Waals surface area contributed by atoms with Gasteiger partial charge in [0.1, 0.15) is 3.70 Å². The van der Waals surface area contributed by atoms with Gasteiger partial charge >= 0.3 is 0 Å². The molecule has 0 bridgehead atoms. The second-order valence-corrected chi connectivity index (χ2v) is 3.84. The standard InChI is InChI=1S/C9H12INO/c1-3-8(12)7-4-5-9(10)11-6(7)2/h4-5,8,12H,3H2,1-2H3/t8-/m0/s1. The van der Waals surface area contributed by atoms with E-state index in [4.69, 9.17) is 0 Å². The van der Waals surface area contributed by atoms with Gasteiger partial charge < -0.3 is 5.11 Å². The summed E-state index contributed by atoms with van der Waals surface area (Å²) in [5.41, 5.74) is 1.87. The first-order valence-electron chi connectivity index (χ1n) is 3.96. The third-order valence-electron chi connectivity index (χ3n) is 1.84. The van der Waals surface area contributed by atoms with Crippen molar-refractivity contribution in [1.82, 2.24) is 4.98 Å². The van der Waals surface area contributed by atoms with Crippen LogP contribution in [0.1, 0.15) is 30.7 Å². The molecule has 1 aromatic heterocycles. The number of aromatic nitrogens is 1. The Morgan fingerprint density at radius 1 is 1.58 bits per heavy atom. The van der Waals surface area contributed by atoms with Crippen molar-refractivity contribution in [2.45, 2.75) is 26.4 Å². The van der Waals surface area contributed by atoms with Crippen LogP contribution in [0, 0.1) is 10.6 Å². The van der Waals surface area contributed by atoms with Gasteiger partial charge in [-0.15, -0.1) is 0 Å². The van der Waals surface area contributed by atoms with E-state index in [9.17, 15) is 5.11 Å². The predicted octanol–water partition coefficient (Wildman–Crippen LogP) is 2.44. The monoisotopic (exact) mass is 277 g/mol. The average Bonchev–Trinajstić information content (AvgIpc) is 2.03. The van der Waals surface area contributed by atoms with Crippen LogP contribution in [0.15, 0.2) is 12.1 Å². The van der Waals surface area contributed by atoms with Gasteiger partial charge in [0.2, 0.25) is 0 Å². The number of rotatable bonds is 2. The highest BCUT2D eigenvalue weighted by Crippen LogP contribution is 2.19. The zero-order valence-corrected chi connectivity index (χ0v) is 9.37. The largest absolute Gasteiger partial charge is 0.388 e. The molecule has 3 heteroatoms. The van der Waals surface area contributed by atoms with Crippen molar-refractivity contribution in [3.8, 4) is 0 Å². The summed E-state index contributed by atoms with van der Waals surface area (Å²) in [7, 11) is 0. The van der Waals surface area contributed by atoms with E-state index in [2.05, 4.69) is 27.6 Å². The maximum Gasteiger partial charge on any atom is 0.101 e. The number of hydrogen-bond acceptors (Lipinski definition) is 2. The molecule has 0 spiro atoms. The molecule has 0 unspecified atom stereocenters. The molecule has 1 atom stereocenters. The molecular weight excluding hydrogens is 265 g/mol. The van der Waals surface area contributed by atoms with Crippen molar-refractivity contribution >= 4 is 22.6 Å². The summed E-state index contributed by atoms with van der Waals surface area (Å²) in [6.07, 6.45) is 0.373. The molecule has 66 valence electrons. The Morgan fingerprint density at radius 3 is 2.75 bits per heavy atom. The molecule has 1 aromatic rings. The van der Waals surface area contributed by atoms with Crippen LogP contribution in [0.25, 0.3) is 0 Å². The normalized spacial score (nSPS) is 13.0. The summed E-state index contributed by atoms with van der Waals surface area (Å²) in [6, 6.07) is 3.86. The van der Waals surface area contributed by atoms with E-state index in [-0.39, 0.29) is 6.10 Å². The molecule has 1 N–H and O–H groups in total. The highest BCUT2D eigenvalue weighted by molar-refractivity contribution is 14.1. The Hall–Kier alpha value is -0.160. The molecular formula is C9H12INO. The van der Waals surface area contributed by atoms with E-state index in [1.165, 1.54) is 0 Å². The van der Waals surface area contributed by atoms with Gasteiger partial charge in [-0.3, -0.25) is 0 Å². The van der Waals surface area contributed by atoms with Crippen molar-refractivity contribution < 1.29 is 5.11 Å². The zero-order chi connectivity index (χ0) is 9.14. The van der Waals surface area contributed by atoms with Crippen LogP contribution in [-0.4, -0.2) is 10.1 Å². The second-order valence-electron chi connectivity index (χ2n) is 2.73. The van der Waals surface area contributed by atoms with Crippen molar-refractivity contribution in [2.75, 3.05) is 0 Å². The predicted molar refractivity (Wildman–Crippen MR) is 56.9 cm³/mol. The first-order chi connectivity index (χ1) is 5.65. The third kappa shape index (κ3) is 2.17. The summed E-state index contributed by atoms with van der Waals surface area (Å²) in [6.45, 7) is 3.89. The molecule has 1 rings (SSSR count). The lowest BCUT2D eigenvalue weighted by Crippen LogP contribution is -2.00. The van der Waals surface area contributed by atoms with Gasteiger partial charge in [0.25, 0.3) is 0 Å². The minimum Gasteiger partial charge on any atom is -0.388 e. The van der Waals surface area contributed by atoms with Crippen LogP contribution in [-0.2, 0) is 0 Å². The topological polar surface area (TPSA) is 33.1 Å². The van der Waals surface area contributed by atoms with E-state index in [0.29, 0.717) is 0 Å². The van der Waals surface area contributed by atoms with E-state index >= 15 is 0 Å². The number of aliphatic hydroxyl groups excluding tert-OH is 1. The molecule has 0 radical (unpaired) electrons. The SMILES string of the molecule is CC[C@H](O)c1ccc(I)nc1C. The number of hydrogen-bond donors (Lipinski definition) is 1. The molecule has 0 fully saturated rings. The van der Waals surface area contributed by atoms with Crippen LogP contribution >= 0.6 is 22.6 Å². The average molecular weight is 277 g/mol. The van der Waals surface area contributed by atoms with Gasteiger partial charge in [-0.2, -0.15) is 0 Å². The molecule has 12 heavy (non-hydrogen) atoms. The molecule has 1 heterocycles. The minimum absolute atomic E-state index is 0.366. The fraction of sp³-hybridized carbons (Fsp3) is 0.444. The van der Waals surface area contributed by atoms with Gasteiger partial charge in [0.05, 0.1) is 6.10 Å². The van der Waals surface area contributed by atoms with Gasteiger partial charge in [-0.25, -0.2) is 4.98 Å². The highest BCUT2D eigenvalue weighted by Gasteiger charge is 2.08. The van der Waals surface area contributed by atoms with Gasteiger partial charge in [-0.05, 0) is 42.0 Å². The number of aryl methyl sites for hydroxylation is 1. The first-order valence-corrected chi connectivity index (χ1v) is 5.04. The summed E-state index contributed by atoms with van der Waals surface area (Å²) in [5.74, 6) is 0. The summed E-state index contributed by atoms with van der Waals surface area (Å²) >= 11 is 2.16. The van der Waals surface area contributed by atoms with Crippen molar-refractivity contribution in [2.24, 2.45) is 0 Å². The van der Waals surface area contributed by atoms with E-state index < -0.39 is 0 Å². The summed E-state index contributed by atoms with van der Waals surface area (Å²) < 4.78 is 0.970. The number of halogens is 1. The lowest BCUT2D eigenvalue weighted by Gasteiger charge is -2.10. The van der Waals surface area contributed by atoms with Gasteiger partial charge in [0, 0.05) is 11.3 Å². The Bertz CT molecular complexity index is 275. The Morgan fingerprint density at radius 2 is 2.25 bits per heavy atom.